The van der Waals surface area contributed by atoms with Crippen LogP contribution in [-0.2, 0) is 0 Å². The van der Waals surface area contributed by atoms with E-state index in [1.165, 1.54) is 49.8 Å². The molecule has 1 N–H and O–H groups in total. The second kappa shape index (κ2) is 6.84. The Morgan fingerprint density at radius 3 is 2.40 bits per heavy atom. The molecule has 1 aromatic rings. The van der Waals surface area contributed by atoms with Crippen molar-refractivity contribution in [3.63, 3.8) is 0 Å². The molecule has 1 heterocycles. The normalized spacial score (nSPS) is 23.2. The minimum atomic E-state index is 0.445. The van der Waals surface area contributed by atoms with Gasteiger partial charge in [0.2, 0.25) is 0 Å². The molecule has 0 aliphatic heterocycles. The second-order valence-corrected chi connectivity index (χ2v) is 7.01. The lowest BCUT2D eigenvalue weighted by atomic mass is 9.79. The maximum Gasteiger partial charge on any atom is 0.133 e. The highest BCUT2D eigenvalue weighted by Crippen LogP contribution is 2.36. The lowest BCUT2D eigenvalue weighted by Gasteiger charge is -2.28. The fourth-order valence-electron chi connectivity index (χ4n) is 3.62. The molecule has 0 atom stereocenters. The third kappa shape index (κ3) is 3.49. The van der Waals surface area contributed by atoms with Crippen LogP contribution in [-0.4, -0.2) is 9.97 Å². The van der Waals surface area contributed by atoms with Crippen LogP contribution in [0.2, 0.25) is 0 Å². The summed E-state index contributed by atoms with van der Waals surface area (Å²) in [7, 11) is 0. The number of H-pyrrole nitrogens is 1. The summed E-state index contributed by atoms with van der Waals surface area (Å²) in [4.78, 5) is 8.25. The van der Waals surface area contributed by atoms with E-state index in [1.54, 1.807) is 0 Å². The third-order valence-corrected chi connectivity index (χ3v) is 4.99. The minimum absolute atomic E-state index is 0.445. The fourth-order valence-corrected chi connectivity index (χ4v) is 4.11. The zero-order valence-electron chi connectivity index (χ0n) is 13.3. The monoisotopic (exact) mass is 292 g/mol. The molecule has 0 saturated heterocycles. The topological polar surface area (TPSA) is 28.7 Å². The molecule has 3 heteroatoms. The van der Waals surface area contributed by atoms with E-state index in [2.05, 4.69) is 32.7 Å². The molecule has 0 unspecified atom stereocenters. The Morgan fingerprint density at radius 1 is 1.25 bits per heavy atom. The fraction of sp³-hybridized carbons (Fsp3) is 0.765. The molecular weight excluding hydrogens is 264 g/mol. The van der Waals surface area contributed by atoms with Crippen molar-refractivity contribution in [3.05, 3.63) is 21.7 Å². The molecule has 1 aliphatic rings. The Balaban J connectivity index is 2.13. The Bertz CT molecular complexity index is 496. The summed E-state index contributed by atoms with van der Waals surface area (Å²) in [5.74, 6) is 3.10. The van der Waals surface area contributed by atoms with Crippen molar-refractivity contribution in [2.24, 2.45) is 5.92 Å². The van der Waals surface area contributed by atoms with Crippen LogP contribution in [0.25, 0.3) is 0 Å². The van der Waals surface area contributed by atoms with Crippen molar-refractivity contribution in [1.29, 1.82) is 0 Å². The zero-order chi connectivity index (χ0) is 14.7. The lowest BCUT2D eigenvalue weighted by molar-refractivity contribution is 0.302. The van der Waals surface area contributed by atoms with Gasteiger partial charge >= 0.3 is 0 Å². The van der Waals surface area contributed by atoms with Gasteiger partial charge in [0.1, 0.15) is 10.5 Å². The summed E-state index contributed by atoms with van der Waals surface area (Å²) in [6, 6.07) is 0. The van der Waals surface area contributed by atoms with Gasteiger partial charge in [-0.25, -0.2) is 4.98 Å². The summed E-state index contributed by atoms with van der Waals surface area (Å²) >= 11 is 5.51. The molecular formula is C17H28N2S. The first-order chi connectivity index (χ1) is 9.52. The summed E-state index contributed by atoms with van der Waals surface area (Å²) in [5, 5.41) is 0. The Labute approximate surface area is 128 Å². The lowest BCUT2D eigenvalue weighted by Crippen LogP contribution is -2.16. The first kappa shape index (κ1) is 15.7. The number of hydrogen-bond acceptors (Lipinski definition) is 2. The highest BCUT2D eigenvalue weighted by Gasteiger charge is 2.24. The van der Waals surface area contributed by atoms with Gasteiger partial charge in [0, 0.05) is 17.2 Å². The summed E-state index contributed by atoms with van der Waals surface area (Å²) < 4.78 is 0.807. The van der Waals surface area contributed by atoms with E-state index in [4.69, 9.17) is 17.2 Å². The molecule has 112 valence electrons. The minimum Gasteiger partial charge on any atom is -0.347 e. The smallest absolute Gasteiger partial charge is 0.133 e. The molecule has 2 rings (SSSR count). The summed E-state index contributed by atoms with van der Waals surface area (Å²) in [5.41, 5.74) is 2.43. The van der Waals surface area contributed by atoms with E-state index < -0.39 is 0 Å². The van der Waals surface area contributed by atoms with Gasteiger partial charge in [-0.2, -0.15) is 0 Å². The molecule has 1 aliphatic carbocycles. The van der Waals surface area contributed by atoms with Crippen molar-refractivity contribution < 1.29 is 0 Å². The summed E-state index contributed by atoms with van der Waals surface area (Å²) in [6.07, 6.45) is 7.95. The molecule has 2 nitrogen and oxygen atoms in total. The van der Waals surface area contributed by atoms with Crippen molar-refractivity contribution in [3.8, 4) is 0 Å². The van der Waals surface area contributed by atoms with E-state index in [1.807, 2.05) is 0 Å². The predicted molar refractivity (Wildman–Crippen MR) is 87.9 cm³/mol. The average molecular weight is 292 g/mol. The van der Waals surface area contributed by atoms with Gasteiger partial charge in [0.15, 0.2) is 0 Å². The van der Waals surface area contributed by atoms with E-state index in [-0.39, 0.29) is 0 Å². The molecule has 1 saturated carbocycles. The van der Waals surface area contributed by atoms with Crippen LogP contribution < -0.4 is 0 Å². The van der Waals surface area contributed by atoms with Crippen LogP contribution in [0.1, 0.15) is 88.2 Å². The van der Waals surface area contributed by atoms with E-state index in [0.29, 0.717) is 11.8 Å². The number of aromatic nitrogens is 2. The van der Waals surface area contributed by atoms with Crippen molar-refractivity contribution in [1.82, 2.24) is 9.97 Å². The molecule has 20 heavy (non-hydrogen) atoms. The average Bonchev–Trinajstić information content (AvgIpc) is 2.38. The van der Waals surface area contributed by atoms with Gasteiger partial charge in [0.05, 0.1) is 0 Å². The van der Waals surface area contributed by atoms with E-state index in [0.717, 1.165) is 16.4 Å². The van der Waals surface area contributed by atoms with E-state index >= 15 is 0 Å². The van der Waals surface area contributed by atoms with Gasteiger partial charge < -0.3 is 4.98 Å². The number of nitrogens with zero attached hydrogens (tertiary/aromatic N) is 1. The molecule has 0 aromatic carbocycles. The van der Waals surface area contributed by atoms with Crippen LogP contribution in [0.15, 0.2) is 0 Å². The Kier molecular flexibility index (Phi) is 5.36. The zero-order valence-corrected chi connectivity index (χ0v) is 14.1. The highest BCUT2D eigenvalue weighted by molar-refractivity contribution is 7.71. The molecule has 0 radical (unpaired) electrons. The van der Waals surface area contributed by atoms with Gasteiger partial charge in [-0.1, -0.05) is 45.8 Å². The quantitative estimate of drug-likeness (QED) is 0.727. The summed E-state index contributed by atoms with van der Waals surface area (Å²) in [6.45, 7) is 8.80. The number of hydrogen-bond donors (Lipinski definition) is 1. The Morgan fingerprint density at radius 2 is 1.90 bits per heavy atom. The number of aromatic amines is 1. The maximum absolute atomic E-state index is 5.51. The molecule has 0 spiro atoms. The maximum atomic E-state index is 5.51. The number of aryl methyl sites for hydroxylation is 1. The predicted octanol–water partition coefficient (Wildman–Crippen LogP) is 5.64. The third-order valence-electron chi connectivity index (χ3n) is 4.68. The SMILES string of the molecule is CCCC1CCC(c2nc(=S)c(C(C)C)c(C)[nH]2)CC1. The van der Waals surface area contributed by atoms with Crippen molar-refractivity contribution >= 4 is 12.2 Å². The van der Waals surface area contributed by atoms with Gasteiger partial charge in [0.25, 0.3) is 0 Å². The van der Waals surface area contributed by atoms with Crippen LogP contribution in [0.4, 0.5) is 0 Å². The molecule has 1 fully saturated rings. The highest BCUT2D eigenvalue weighted by atomic mass is 32.1. The second-order valence-electron chi connectivity index (χ2n) is 6.63. The van der Waals surface area contributed by atoms with Gasteiger partial charge in [-0.3, -0.25) is 0 Å². The first-order valence-corrected chi connectivity index (χ1v) is 8.54. The first-order valence-electron chi connectivity index (χ1n) is 8.13. The van der Waals surface area contributed by atoms with Crippen molar-refractivity contribution in [2.45, 2.75) is 78.1 Å². The largest absolute Gasteiger partial charge is 0.347 e. The number of nitrogens with one attached hydrogen (secondary N) is 1. The standard InChI is InChI=1S/C17H28N2S/c1-5-6-13-7-9-14(10-8-13)16-18-12(4)15(11(2)3)17(20)19-16/h11,13-14H,5-10H2,1-4H3,(H,18,19,20). The van der Waals surface area contributed by atoms with Crippen LogP contribution in [0.3, 0.4) is 0 Å². The molecule has 0 amide bonds. The number of rotatable bonds is 4. The Hall–Kier alpha value is -0.700. The van der Waals surface area contributed by atoms with E-state index in [9.17, 15) is 0 Å². The molecule has 1 aromatic heterocycles. The van der Waals surface area contributed by atoms with Gasteiger partial charge in [-0.05, 0) is 44.4 Å². The van der Waals surface area contributed by atoms with Crippen LogP contribution in [0, 0.1) is 17.5 Å². The van der Waals surface area contributed by atoms with Crippen LogP contribution in [0.5, 0.6) is 0 Å². The van der Waals surface area contributed by atoms with Gasteiger partial charge in [-0.15, -0.1) is 0 Å². The van der Waals surface area contributed by atoms with Crippen molar-refractivity contribution in [2.75, 3.05) is 0 Å². The van der Waals surface area contributed by atoms with Crippen LogP contribution >= 0.6 is 12.2 Å². The molecule has 0 bridgehead atoms.